The van der Waals surface area contributed by atoms with Crippen molar-refractivity contribution in [3.05, 3.63) is 58.1 Å². The van der Waals surface area contributed by atoms with E-state index in [0.29, 0.717) is 5.92 Å². The topological polar surface area (TPSA) is 3.24 Å². The molecular formula is C23H33N. The van der Waals surface area contributed by atoms with Gasteiger partial charge in [0, 0.05) is 18.4 Å². The van der Waals surface area contributed by atoms with E-state index in [0.717, 1.165) is 0 Å². The molecule has 0 aliphatic rings. The van der Waals surface area contributed by atoms with E-state index in [-0.39, 0.29) is 0 Å². The van der Waals surface area contributed by atoms with E-state index < -0.39 is 0 Å². The van der Waals surface area contributed by atoms with Gasteiger partial charge in [0.1, 0.15) is 0 Å². The van der Waals surface area contributed by atoms with Gasteiger partial charge in [0.15, 0.2) is 0 Å². The monoisotopic (exact) mass is 323 g/mol. The Morgan fingerprint density at radius 1 is 0.875 bits per heavy atom. The van der Waals surface area contributed by atoms with Crippen LogP contribution in [-0.4, -0.2) is 7.05 Å². The highest BCUT2D eigenvalue weighted by molar-refractivity contribution is 5.69. The average molecular weight is 324 g/mol. The SMILES string of the molecule is CCCC(CC)c1ccc(N(C)c2cc(C)c(C)c(C)c2C)cc1. The Labute approximate surface area is 148 Å². The van der Waals surface area contributed by atoms with Crippen LogP contribution >= 0.6 is 0 Å². The summed E-state index contributed by atoms with van der Waals surface area (Å²) >= 11 is 0. The third-order valence-electron chi connectivity index (χ3n) is 5.70. The molecular weight excluding hydrogens is 290 g/mol. The lowest BCUT2D eigenvalue weighted by Crippen LogP contribution is -2.12. The molecule has 2 aromatic rings. The van der Waals surface area contributed by atoms with Crippen molar-refractivity contribution in [3.8, 4) is 0 Å². The summed E-state index contributed by atoms with van der Waals surface area (Å²) in [6.45, 7) is 13.5. The van der Waals surface area contributed by atoms with Crippen molar-refractivity contribution in [1.82, 2.24) is 0 Å². The van der Waals surface area contributed by atoms with Gasteiger partial charge in [-0.1, -0.05) is 32.4 Å². The maximum Gasteiger partial charge on any atom is 0.0443 e. The van der Waals surface area contributed by atoms with E-state index >= 15 is 0 Å². The second-order valence-electron chi connectivity index (χ2n) is 7.13. The first kappa shape index (κ1) is 18.6. The smallest absolute Gasteiger partial charge is 0.0443 e. The molecule has 0 N–H and O–H groups in total. The van der Waals surface area contributed by atoms with Crippen LogP contribution in [0.2, 0.25) is 0 Å². The van der Waals surface area contributed by atoms with E-state index in [1.54, 1.807) is 0 Å². The first-order valence-corrected chi connectivity index (χ1v) is 9.31. The standard InChI is InChI=1S/C23H33N/c1-8-10-20(9-2)21-11-13-22(14-12-21)24(7)23-15-16(3)17(4)18(5)19(23)6/h11-15,20H,8-10H2,1-7H3. The molecule has 2 rings (SSSR count). The van der Waals surface area contributed by atoms with Crippen molar-refractivity contribution in [2.45, 2.75) is 66.7 Å². The minimum Gasteiger partial charge on any atom is -0.344 e. The molecule has 0 saturated carbocycles. The van der Waals surface area contributed by atoms with Gasteiger partial charge in [-0.25, -0.2) is 0 Å². The quantitative estimate of drug-likeness (QED) is 0.554. The third-order valence-corrected chi connectivity index (χ3v) is 5.70. The number of anilines is 2. The van der Waals surface area contributed by atoms with Gasteiger partial charge in [-0.15, -0.1) is 0 Å². The van der Waals surface area contributed by atoms with Crippen LogP contribution in [-0.2, 0) is 0 Å². The molecule has 130 valence electrons. The summed E-state index contributed by atoms with van der Waals surface area (Å²) in [6, 6.07) is 11.5. The molecule has 2 aromatic carbocycles. The number of hydrogen-bond acceptors (Lipinski definition) is 1. The Kier molecular flexibility index (Phi) is 6.10. The molecule has 1 atom stereocenters. The van der Waals surface area contributed by atoms with Crippen molar-refractivity contribution in [3.63, 3.8) is 0 Å². The van der Waals surface area contributed by atoms with E-state index in [4.69, 9.17) is 0 Å². The summed E-state index contributed by atoms with van der Waals surface area (Å²) < 4.78 is 0. The number of rotatable bonds is 6. The molecule has 0 aliphatic heterocycles. The fraction of sp³-hybridized carbons (Fsp3) is 0.478. The summed E-state index contributed by atoms with van der Waals surface area (Å²) in [4.78, 5) is 2.32. The number of aryl methyl sites for hydroxylation is 1. The van der Waals surface area contributed by atoms with E-state index in [1.807, 2.05) is 0 Å². The second kappa shape index (κ2) is 7.88. The highest BCUT2D eigenvalue weighted by Gasteiger charge is 2.13. The van der Waals surface area contributed by atoms with Crippen LogP contribution in [0.1, 0.15) is 66.8 Å². The van der Waals surface area contributed by atoms with Crippen LogP contribution < -0.4 is 4.90 Å². The van der Waals surface area contributed by atoms with Crippen molar-refractivity contribution in [2.75, 3.05) is 11.9 Å². The minimum atomic E-state index is 0.694. The van der Waals surface area contributed by atoms with Crippen LogP contribution in [0, 0.1) is 27.7 Å². The first-order valence-electron chi connectivity index (χ1n) is 9.31. The lowest BCUT2D eigenvalue weighted by atomic mass is 9.92. The van der Waals surface area contributed by atoms with Gasteiger partial charge < -0.3 is 4.90 Å². The van der Waals surface area contributed by atoms with Crippen molar-refractivity contribution in [2.24, 2.45) is 0 Å². The van der Waals surface area contributed by atoms with Crippen LogP contribution in [0.5, 0.6) is 0 Å². The molecule has 0 fully saturated rings. The van der Waals surface area contributed by atoms with Gasteiger partial charge in [-0.2, -0.15) is 0 Å². The van der Waals surface area contributed by atoms with E-state index in [2.05, 4.69) is 83.8 Å². The molecule has 0 spiro atoms. The summed E-state index contributed by atoms with van der Waals surface area (Å²) in [7, 11) is 2.18. The summed E-state index contributed by atoms with van der Waals surface area (Å²) in [5, 5.41) is 0. The van der Waals surface area contributed by atoms with Gasteiger partial charge in [0.25, 0.3) is 0 Å². The Morgan fingerprint density at radius 3 is 2.04 bits per heavy atom. The second-order valence-corrected chi connectivity index (χ2v) is 7.13. The molecule has 1 heteroatoms. The Morgan fingerprint density at radius 2 is 1.50 bits per heavy atom. The van der Waals surface area contributed by atoms with Gasteiger partial charge in [-0.3, -0.25) is 0 Å². The lowest BCUT2D eigenvalue weighted by Gasteiger charge is -2.25. The van der Waals surface area contributed by atoms with Gasteiger partial charge in [0.2, 0.25) is 0 Å². The van der Waals surface area contributed by atoms with Crippen LogP contribution in [0.25, 0.3) is 0 Å². The molecule has 0 amide bonds. The molecule has 1 unspecified atom stereocenters. The fourth-order valence-corrected chi connectivity index (χ4v) is 3.60. The number of nitrogens with zero attached hydrogens (tertiary/aromatic N) is 1. The predicted octanol–water partition coefficient (Wildman–Crippen LogP) is 6.98. The normalized spacial score (nSPS) is 12.3. The zero-order valence-electron chi connectivity index (χ0n) is 16.5. The van der Waals surface area contributed by atoms with Crippen molar-refractivity contribution >= 4 is 11.4 Å². The molecule has 0 aromatic heterocycles. The average Bonchev–Trinajstić information content (AvgIpc) is 2.60. The zero-order valence-corrected chi connectivity index (χ0v) is 16.5. The Bertz CT molecular complexity index is 682. The summed E-state index contributed by atoms with van der Waals surface area (Å²) in [5.74, 6) is 0.694. The van der Waals surface area contributed by atoms with E-state index in [1.165, 1.54) is 58.5 Å². The Hall–Kier alpha value is -1.76. The third kappa shape index (κ3) is 3.66. The van der Waals surface area contributed by atoms with Crippen molar-refractivity contribution in [1.29, 1.82) is 0 Å². The maximum absolute atomic E-state index is 2.32. The molecule has 0 bridgehead atoms. The van der Waals surface area contributed by atoms with Crippen molar-refractivity contribution < 1.29 is 0 Å². The molecule has 0 radical (unpaired) electrons. The number of hydrogen-bond donors (Lipinski definition) is 0. The van der Waals surface area contributed by atoms with Crippen LogP contribution in [0.4, 0.5) is 11.4 Å². The molecule has 0 aliphatic carbocycles. The Balaban J connectivity index is 2.32. The molecule has 0 heterocycles. The minimum absolute atomic E-state index is 0.694. The first-order chi connectivity index (χ1) is 11.4. The van der Waals surface area contributed by atoms with Gasteiger partial charge in [0.05, 0.1) is 0 Å². The molecule has 0 saturated heterocycles. The van der Waals surface area contributed by atoms with Crippen LogP contribution in [0.3, 0.4) is 0 Å². The summed E-state index contributed by atoms with van der Waals surface area (Å²) in [5.41, 5.74) is 9.60. The largest absolute Gasteiger partial charge is 0.344 e. The highest BCUT2D eigenvalue weighted by atomic mass is 15.1. The molecule has 1 nitrogen and oxygen atoms in total. The predicted molar refractivity (Wildman–Crippen MR) is 108 cm³/mol. The fourth-order valence-electron chi connectivity index (χ4n) is 3.60. The highest BCUT2D eigenvalue weighted by Crippen LogP contribution is 2.33. The van der Waals surface area contributed by atoms with Gasteiger partial charge in [-0.05, 0) is 92.5 Å². The molecule has 24 heavy (non-hydrogen) atoms. The summed E-state index contributed by atoms with van der Waals surface area (Å²) in [6.07, 6.45) is 3.75. The zero-order chi connectivity index (χ0) is 17.9. The number of benzene rings is 2. The van der Waals surface area contributed by atoms with Crippen LogP contribution in [0.15, 0.2) is 30.3 Å². The maximum atomic E-state index is 2.32. The van der Waals surface area contributed by atoms with E-state index in [9.17, 15) is 0 Å². The lowest BCUT2D eigenvalue weighted by molar-refractivity contribution is 0.596. The van der Waals surface area contributed by atoms with Gasteiger partial charge >= 0.3 is 0 Å².